The molecule has 0 aliphatic carbocycles. The van der Waals surface area contributed by atoms with E-state index in [9.17, 15) is 4.79 Å². The van der Waals surface area contributed by atoms with Gasteiger partial charge in [-0.2, -0.15) is 10.4 Å². The molecule has 1 aromatic rings. The summed E-state index contributed by atoms with van der Waals surface area (Å²) < 4.78 is 1.71. The normalized spacial score (nSPS) is 11.2. The first kappa shape index (κ1) is 14.2. The van der Waals surface area contributed by atoms with Gasteiger partial charge in [-0.3, -0.25) is 4.68 Å². The number of aromatic carboxylic acids is 1. The molecule has 0 saturated heterocycles. The van der Waals surface area contributed by atoms with Crippen LogP contribution in [0.3, 0.4) is 0 Å². The van der Waals surface area contributed by atoms with Crippen LogP contribution in [0.25, 0.3) is 0 Å². The molecule has 1 aromatic heterocycles. The summed E-state index contributed by atoms with van der Waals surface area (Å²) in [7, 11) is 0. The van der Waals surface area contributed by atoms with Gasteiger partial charge in [0.2, 0.25) is 0 Å². The van der Waals surface area contributed by atoms with Crippen LogP contribution in [-0.2, 0) is 6.54 Å². The van der Waals surface area contributed by atoms with E-state index in [0.717, 1.165) is 19.3 Å². The summed E-state index contributed by atoms with van der Waals surface area (Å²) in [5.74, 6) is -0.940. The highest BCUT2D eigenvalue weighted by molar-refractivity contribution is 5.88. The largest absolute Gasteiger partial charge is 0.478 e. The molecule has 0 aliphatic heterocycles. The fraction of sp³-hybridized carbons (Fsp3) is 0.615. The van der Waals surface area contributed by atoms with E-state index in [1.54, 1.807) is 11.6 Å². The van der Waals surface area contributed by atoms with Gasteiger partial charge in [-0.05, 0) is 33.6 Å². The lowest BCUT2D eigenvalue weighted by molar-refractivity contribution is 0.0696. The number of hydrogen-bond donors (Lipinski definition) is 1. The van der Waals surface area contributed by atoms with Crippen LogP contribution >= 0.6 is 0 Å². The SMILES string of the molecule is Cc1c(C(=O)O)cnn1CCCCC(C)(C)C#N. The van der Waals surface area contributed by atoms with Crippen molar-refractivity contribution in [3.8, 4) is 6.07 Å². The average Bonchev–Trinajstić information content (AvgIpc) is 2.66. The lowest BCUT2D eigenvalue weighted by atomic mass is 9.89. The number of nitriles is 1. The van der Waals surface area contributed by atoms with Gasteiger partial charge in [0.05, 0.1) is 17.7 Å². The third-order valence-electron chi connectivity index (χ3n) is 3.06. The second kappa shape index (κ2) is 5.67. The molecule has 0 bridgehead atoms. The molecular formula is C13H19N3O2. The van der Waals surface area contributed by atoms with Crippen molar-refractivity contribution in [1.82, 2.24) is 9.78 Å². The summed E-state index contributed by atoms with van der Waals surface area (Å²) >= 11 is 0. The minimum absolute atomic E-state index is 0.257. The quantitative estimate of drug-likeness (QED) is 0.786. The van der Waals surface area contributed by atoms with E-state index in [4.69, 9.17) is 10.4 Å². The summed E-state index contributed by atoms with van der Waals surface area (Å²) in [4.78, 5) is 10.8. The molecule has 0 unspecified atom stereocenters. The van der Waals surface area contributed by atoms with Crippen molar-refractivity contribution in [2.45, 2.75) is 46.6 Å². The molecule has 0 saturated carbocycles. The monoisotopic (exact) mass is 249 g/mol. The Morgan fingerprint density at radius 3 is 2.72 bits per heavy atom. The maximum atomic E-state index is 10.8. The van der Waals surface area contributed by atoms with Crippen molar-refractivity contribution in [1.29, 1.82) is 5.26 Å². The van der Waals surface area contributed by atoms with Gasteiger partial charge >= 0.3 is 5.97 Å². The molecule has 18 heavy (non-hydrogen) atoms. The van der Waals surface area contributed by atoms with Crippen LogP contribution in [0, 0.1) is 23.7 Å². The van der Waals surface area contributed by atoms with Crippen LogP contribution in [0.5, 0.6) is 0 Å². The van der Waals surface area contributed by atoms with Crippen molar-refractivity contribution < 1.29 is 9.90 Å². The van der Waals surface area contributed by atoms with Gasteiger partial charge in [0, 0.05) is 12.2 Å². The Morgan fingerprint density at radius 1 is 1.56 bits per heavy atom. The third-order valence-corrected chi connectivity index (χ3v) is 3.06. The average molecular weight is 249 g/mol. The molecule has 0 amide bonds. The number of hydrogen-bond acceptors (Lipinski definition) is 3. The van der Waals surface area contributed by atoms with Crippen molar-refractivity contribution in [2.75, 3.05) is 0 Å². The lowest BCUT2D eigenvalue weighted by Gasteiger charge is -2.14. The molecular weight excluding hydrogens is 230 g/mol. The van der Waals surface area contributed by atoms with E-state index < -0.39 is 5.97 Å². The first-order valence-corrected chi connectivity index (χ1v) is 6.04. The van der Waals surface area contributed by atoms with Crippen molar-refractivity contribution in [3.05, 3.63) is 17.5 Å². The maximum Gasteiger partial charge on any atom is 0.339 e. The predicted molar refractivity (Wildman–Crippen MR) is 67.2 cm³/mol. The minimum Gasteiger partial charge on any atom is -0.478 e. The molecule has 5 heteroatoms. The number of rotatable bonds is 6. The Morgan fingerprint density at radius 2 is 2.22 bits per heavy atom. The summed E-state index contributed by atoms with van der Waals surface area (Å²) in [5.41, 5.74) is 0.653. The highest BCUT2D eigenvalue weighted by atomic mass is 16.4. The Bertz CT molecular complexity index is 469. The fourth-order valence-corrected chi connectivity index (χ4v) is 1.77. The van der Waals surface area contributed by atoms with E-state index in [2.05, 4.69) is 11.2 Å². The Kier molecular flexibility index (Phi) is 4.49. The number of aryl methyl sites for hydroxylation is 1. The molecule has 0 radical (unpaired) electrons. The van der Waals surface area contributed by atoms with Crippen LogP contribution in [0.1, 0.15) is 49.2 Å². The molecule has 1 N–H and O–H groups in total. The van der Waals surface area contributed by atoms with Crippen molar-refractivity contribution >= 4 is 5.97 Å². The Labute approximate surface area is 107 Å². The van der Waals surface area contributed by atoms with Crippen LogP contribution in [-0.4, -0.2) is 20.9 Å². The topological polar surface area (TPSA) is 78.9 Å². The summed E-state index contributed by atoms with van der Waals surface area (Å²) in [6.07, 6.45) is 4.06. The zero-order valence-corrected chi connectivity index (χ0v) is 11.1. The molecule has 0 aliphatic rings. The van der Waals surface area contributed by atoms with E-state index in [0.29, 0.717) is 12.2 Å². The number of carboxylic acids is 1. The smallest absolute Gasteiger partial charge is 0.339 e. The van der Waals surface area contributed by atoms with Gasteiger partial charge in [-0.1, -0.05) is 6.42 Å². The molecule has 0 aromatic carbocycles. The molecule has 5 nitrogen and oxygen atoms in total. The van der Waals surface area contributed by atoms with Gasteiger partial charge in [0.15, 0.2) is 0 Å². The number of carbonyl (C=O) groups is 1. The zero-order chi connectivity index (χ0) is 13.8. The molecule has 0 fully saturated rings. The van der Waals surface area contributed by atoms with Gasteiger partial charge in [0.25, 0.3) is 0 Å². The lowest BCUT2D eigenvalue weighted by Crippen LogP contribution is -2.09. The molecule has 0 atom stereocenters. The number of unbranched alkanes of at least 4 members (excludes halogenated alkanes) is 1. The van der Waals surface area contributed by atoms with Crippen LogP contribution < -0.4 is 0 Å². The van der Waals surface area contributed by atoms with Crippen molar-refractivity contribution in [2.24, 2.45) is 5.41 Å². The fourth-order valence-electron chi connectivity index (χ4n) is 1.77. The first-order chi connectivity index (χ1) is 8.37. The Hall–Kier alpha value is -1.83. The first-order valence-electron chi connectivity index (χ1n) is 6.04. The van der Waals surface area contributed by atoms with Crippen molar-refractivity contribution in [3.63, 3.8) is 0 Å². The molecule has 0 spiro atoms. The van der Waals surface area contributed by atoms with E-state index in [-0.39, 0.29) is 11.0 Å². The standard InChI is InChI=1S/C13H19N3O2/c1-10-11(12(17)18)8-15-16(10)7-5-4-6-13(2,3)9-14/h8H,4-7H2,1-3H3,(H,17,18). The van der Waals surface area contributed by atoms with Crippen LogP contribution in [0.2, 0.25) is 0 Å². The molecule has 1 heterocycles. The Balaban J connectivity index is 2.46. The summed E-state index contributed by atoms with van der Waals surface area (Å²) in [6.45, 7) is 6.31. The number of carboxylic acid groups (broad SMARTS) is 1. The van der Waals surface area contributed by atoms with Crippen LogP contribution in [0.4, 0.5) is 0 Å². The van der Waals surface area contributed by atoms with Gasteiger partial charge in [-0.25, -0.2) is 4.79 Å². The van der Waals surface area contributed by atoms with Gasteiger partial charge < -0.3 is 5.11 Å². The second-order valence-corrected chi connectivity index (χ2v) is 5.12. The van der Waals surface area contributed by atoms with E-state index in [1.807, 2.05) is 13.8 Å². The third kappa shape index (κ3) is 3.59. The van der Waals surface area contributed by atoms with E-state index in [1.165, 1.54) is 6.20 Å². The maximum absolute atomic E-state index is 10.8. The minimum atomic E-state index is -0.940. The zero-order valence-electron chi connectivity index (χ0n) is 11.1. The highest BCUT2D eigenvalue weighted by Crippen LogP contribution is 2.22. The molecule has 98 valence electrons. The molecule has 1 rings (SSSR count). The van der Waals surface area contributed by atoms with Gasteiger partial charge in [-0.15, -0.1) is 0 Å². The predicted octanol–water partition coefficient (Wildman–Crippen LogP) is 2.61. The highest BCUT2D eigenvalue weighted by Gasteiger charge is 2.16. The number of nitrogens with zero attached hydrogens (tertiary/aromatic N) is 3. The van der Waals surface area contributed by atoms with Crippen LogP contribution in [0.15, 0.2) is 6.20 Å². The van der Waals surface area contributed by atoms with Gasteiger partial charge in [0.1, 0.15) is 5.56 Å². The van der Waals surface area contributed by atoms with E-state index >= 15 is 0 Å². The summed E-state index contributed by atoms with van der Waals surface area (Å²) in [5, 5.41) is 21.8. The number of aromatic nitrogens is 2. The summed E-state index contributed by atoms with van der Waals surface area (Å²) in [6, 6.07) is 2.27. The second-order valence-electron chi connectivity index (χ2n) is 5.12.